The van der Waals surface area contributed by atoms with Crippen LogP contribution in [0.5, 0.6) is 5.75 Å². The number of nitrogen functional groups attached to an aromatic ring is 1. The van der Waals surface area contributed by atoms with E-state index in [-0.39, 0.29) is 22.0 Å². The van der Waals surface area contributed by atoms with Crippen molar-refractivity contribution in [2.75, 3.05) is 10.5 Å². The molecule has 0 unspecified atom stereocenters. The first-order valence-corrected chi connectivity index (χ1v) is 7.15. The van der Waals surface area contributed by atoms with Crippen LogP contribution in [0.2, 0.25) is 0 Å². The lowest BCUT2D eigenvalue weighted by Crippen LogP contribution is -2.14. The third kappa shape index (κ3) is 2.83. The minimum atomic E-state index is -3.90. The van der Waals surface area contributed by atoms with Gasteiger partial charge < -0.3 is 10.8 Å². The van der Waals surface area contributed by atoms with E-state index in [4.69, 9.17) is 5.73 Å². The molecule has 2 rings (SSSR count). The number of hydrogen-bond acceptors (Lipinski definition) is 4. The lowest BCUT2D eigenvalue weighted by Gasteiger charge is -2.11. The molecule has 0 atom stereocenters. The van der Waals surface area contributed by atoms with Gasteiger partial charge in [0.15, 0.2) is 0 Å². The fraction of sp³-hybridized carbons (Fsp3) is 0.0769. The van der Waals surface area contributed by atoms with Crippen LogP contribution in [0.3, 0.4) is 0 Å². The van der Waals surface area contributed by atoms with Gasteiger partial charge in [-0.05, 0) is 42.8 Å². The van der Waals surface area contributed by atoms with Crippen molar-refractivity contribution < 1.29 is 17.9 Å². The second kappa shape index (κ2) is 5.01. The van der Waals surface area contributed by atoms with Crippen molar-refractivity contribution in [3.8, 4) is 5.75 Å². The fourth-order valence-corrected chi connectivity index (χ4v) is 2.76. The maximum atomic E-state index is 13.2. The van der Waals surface area contributed by atoms with Gasteiger partial charge in [-0.25, -0.2) is 12.8 Å². The molecule has 0 saturated carbocycles. The molecule has 0 bridgehead atoms. The van der Waals surface area contributed by atoms with Gasteiger partial charge in [-0.2, -0.15) is 0 Å². The van der Waals surface area contributed by atoms with E-state index in [0.29, 0.717) is 5.56 Å². The molecule has 0 amide bonds. The van der Waals surface area contributed by atoms with Crippen molar-refractivity contribution in [2.45, 2.75) is 11.8 Å². The van der Waals surface area contributed by atoms with Crippen molar-refractivity contribution in [1.29, 1.82) is 0 Å². The van der Waals surface area contributed by atoms with Gasteiger partial charge in [0.25, 0.3) is 10.0 Å². The first kappa shape index (κ1) is 14.1. The lowest BCUT2D eigenvalue weighted by molar-refractivity contribution is 0.477. The van der Waals surface area contributed by atoms with E-state index in [9.17, 15) is 17.9 Å². The van der Waals surface area contributed by atoms with Crippen LogP contribution in [-0.2, 0) is 10.0 Å². The molecule has 0 heterocycles. The average Bonchev–Trinajstić information content (AvgIpc) is 2.36. The number of nitrogens with two attached hydrogens (primary N) is 1. The number of rotatable bonds is 3. The molecule has 106 valence electrons. The zero-order valence-corrected chi connectivity index (χ0v) is 11.4. The number of hydrogen-bond donors (Lipinski definition) is 3. The maximum Gasteiger partial charge on any atom is 0.261 e. The van der Waals surface area contributed by atoms with E-state index in [0.717, 1.165) is 12.1 Å². The van der Waals surface area contributed by atoms with E-state index < -0.39 is 15.8 Å². The molecule has 0 aliphatic rings. The van der Waals surface area contributed by atoms with E-state index in [1.165, 1.54) is 24.3 Å². The molecule has 2 aromatic carbocycles. The summed E-state index contributed by atoms with van der Waals surface area (Å²) in [5.74, 6) is -0.746. The van der Waals surface area contributed by atoms with Gasteiger partial charge in [-0.3, -0.25) is 4.72 Å². The van der Waals surface area contributed by atoms with Gasteiger partial charge in [0.2, 0.25) is 0 Å². The zero-order valence-electron chi connectivity index (χ0n) is 10.6. The largest absolute Gasteiger partial charge is 0.506 e. The fourth-order valence-electron chi connectivity index (χ4n) is 1.61. The molecule has 0 aliphatic carbocycles. The monoisotopic (exact) mass is 296 g/mol. The summed E-state index contributed by atoms with van der Waals surface area (Å²) in [5.41, 5.74) is 6.15. The molecule has 5 nitrogen and oxygen atoms in total. The smallest absolute Gasteiger partial charge is 0.261 e. The summed E-state index contributed by atoms with van der Waals surface area (Å²) < 4.78 is 39.8. The Bertz CT molecular complexity index is 760. The highest BCUT2D eigenvalue weighted by molar-refractivity contribution is 7.92. The zero-order chi connectivity index (χ0) is 14.9. The molecule has 0 saturated heterocycles. The summed E-state index contributed by atoms with van der Waals surface area (Å²) in [5, 5.41) is 9.29. The van der Waals surface area contributed by atoms with E-state index in [2.05, 4.69) is 4.72 Å². The number of phenols is 1. The van der Waals surface area contributed by atoms with Gasteiger partial charge in [0.05, 0.1) is 16.3 Å². The Balaban J connectivity index is 2.40. The number of benzene rings is 2. The average molecular weight is 296 g/mol. The molecular formula is C13H13FN2O3S. The van der Waals surface area contributed by atoms with Crippen LogP contribution in [0.25, 0.3) is 0 Å². The summed E-state index contributed by atoms with van der Waals surface area (Å²) >= 11 is 0. The Morgan fingerprint density at radius 3 is 2.55 bits per heavy atom. The highest BCUT2D eigenvalue weighted by atomic mass is 32.2. The number of halogens is 1. The first-order valence-electron chi connectivity index (χ1n) is 5.67. The first-order chi connectivity index (χ1) is 9.29. The molecular weight excluding hydrogens is 283 g/mol. The summed E-state index contributed by atoms with van der Waals surface area (Å²) in [6.45, 7) is 1.66. The predicted octanol–water partition coefficient (Wildman–Crippen LogP) is 2.22. The number of phenolic OH excluding ortho intramolecular Hbond substituents is 1. The van der Waals surface area contributed by atoms with Gasteiger partial charge >= 0.3 is 0 Å². The molecule has 4 N–H and O–H groups in total. The Labute approximate surface area is 115 Å². The number of nitrogens with one attached hydrogen (secondary N) is 1. The molecule has 7 heteroatoms. The number of anilines is 2. The lowest BCUT2D eigenvalue weighted by atomic mass is 10.2. The van der Waals surface area contributed by atoms with E-state index in [1.807, 2.05) is 0 Å². The van der Waals surface area contributed by atoms with Crippen molar-refractivity contribution in [2.24, 2.45) is 0 Å². The normalized spacial score (nSPS) is 11.3. The molecule has 0 radical (unpaired) electrons. The Hall–Kier alpha value is -2.28. The molecule has 2 aromatic rings. The molecule has 0 spiro atoms. The second-order valence-corrected chi connectivity index (χ2v) is 5.97. The van der Waals surface area contributed by atoms with Crippen LogP contribution in [-0.4, -0.2) is 13.5 Å². The summed E-state index contributed by atoms with van der Waals surface area (Å²) in [6, 6.07) is 7.33. The maximum absolute atomic E-state index is 13.2. The minimum Gasteiger partial charge on any atom is -0.506 e. The van der Waals surface area contributed by atoms with Crippen LogP contribution in [0.1, 0.15) is 5.56 Å². The molecule has 0 fully saturated rings. The third-order valence-electron chi connectivity index (χ3n) is 2.75. The third-order valence-corrected chi connectivity index (χ3v) is 4.12. The van der Waals surface area contributed by atoms with Crippen molar-refractivity contribution in [3.05, 3.63) is 47.8 Å². The molecule has 0 aromatic heterocycles. The van der Waals surface area contributed by atoms with Crippen molar-refractivity contribution in [3.63, 3.8) is 0 Å². The predicted molar refractivity (Wildman–Crippen MR) is 74.5 cm³/mol. The van der Waals surface area contributed by atoms with Crippen LogP contribution in [0, 0.1) is 12.7 Å². The van der Waals surface area contributed by atoms with Crippen LogP contribution >= 0.6 is 0 Å². The summed E-state index contributed by atoms with van der Waals surface area (Å²) in [4.78, 5) is -0.114. The topological polar surface area (TPSA) is 92.4 Å². The number of aromatic hydroxyl groups is 1. The summed E-state index contributed by atoms with van der Waals surface area (Å²) in [7, 11) is -3.90. The van der Waals surface area contributed by atoms with Crippen LogP contribution < -0.4 is 10.5 Å². The molecule has 20 heavy (non-hydrogen) atoms. The number of aryl methyl sites for hydroxylation is 1. The van der Waals surface area contributed by atoms with Gasteiger partial charge in [-0.15, -0.1) is 0 Å². The SMILES string of the molecule is Cc1ccc(F)cc1NS(=O)(=O)c1ccc(O)c(N)c1. The highest BCUT2D eigenvalue weighted by Crippen LogP contribution is 2.25. The highest BCUT2D eigenvalue weighted by Gasteiger charge is 2.16. The Morgan fingerprint density at radius 2 is 1.90 bits per heavy atom. The summed E-state index contributed by atoms with van der Waals surface area (Å²) in [6.07, 6.45) is 0. The number of sulfonamides is 1. The standard InChI is InChI=1S/C13H13FN2O3S/c1-8-2-3-9(14)6-12(8)16-20(18,19)10-4-5-13(17)11(15)7-10/h2-7,16-17H,15H2,1H3. The minimum absolute atomic E-state index is 0.0520. The molecule has 0 aliphatic heterocycles. The van der Waals surface area contributed by atoms with Crippen LogP contribution in [0.15, 0.2) is 41.3 Å². The van der Waals surface area contributed by atoms with E-state index in [1.54, 1.807) is 6.92 Å². The Morgan fingerprint density at radius 1 is 1.20 bits per heavy atom. The quantitative estimate of drug-likeness (QED) is 0.598. The van der Waals surface area contributed by atoms with Gasteiger partial charge in [0, 0.05) is 0 Å². The van der Waals surface area contributed by atoms with Gasteiger partial charge in [0.1, 0.15) is 11.6 Å². The van der Waals surface area contributed by atoms with E-state index >= 15 is 0 Å². The van der Waals surface area contributed by atoms with Crippen molar-refractivity contribution in [1.82, 2.24) is 0 Å². The van der Waals surface area contributed by atoms with Crippen LogP contribution in [0.4, 0.5) is 15.8 Å². The Kier molecular flexibility index (Phi) is 3.54. The van der Waals surface area contributed by atoms with Crippen molar-refractivity contribution >= 4 is 21.4 Å². The van der Waals surface area contributed by atoms with Gasteiger partial charge in [-0.1, -0.05) is 6.07 Å². The second-order valence-electron chi connectivity index (χ2n) is 4.29.